The second kappa shape index (κ2) is 28.6. The summed E-state index contributed by atoms with van der Waals surface area (Å²) in [5.74, 6) is -4.77. The van der Waals surface area contributed by atoms with Gasteiger partial charge in [-0.25, -0.2) is 14.2 Å². The molecular formula is C83H132N8O14S2. The van der Waals surface area contributed by atoms with E-state index in [1.165, 1.54) is 8.61 Å². The number of nitrogens with zero attached hydrogens (tertiary/aromatic N) is 4. The highest BCUT2D eigenvalue weighted by molar-refractivity contribution is 7.88. The first-order valence-corrected chi connectivity index (χ1v) is 43.8. The van der Waals surface area contributed by atoms with Gasteiger partial charge in [-0.1, -0.05) is 147 Å². The number of ether oxygens (including phenoxy) is 1. The van der Waals surface area contributed by atoms with E-state index in [0.717, 1.165) is 128 Å². The number of carbonyl (C=O) groups is 9. The minimum atomic E-state index is -4.07. The summed E-state index contributed by atoms with van der Waals surface area (Å²) >= 11 is 0. The maximum atomic E-state index is 15.3. The summed E-state index contributed by atoms with van der Waals surface area (Å²) < 4.78 is 65.3. The lowest BCUT2D eigenvalue weighted by atomic mass is 9.67. The number of nitrogens with one attached hydrogen (secondary N) is 3. The smallest absolute Gasteiger partial charge is 0.408 e. The van der Waals surface area contributed by atoms with Crippen LogP contribution in [0, 0.1) is 88.7 Å². The van der Waals surface area contributed by atoms with Crippen LogP contribution in [0.1, 0.15) is 284 Å². The average Bonchev–Trinajstić information content (AvgIpc) is 1.46. The molecule has 4 aliphatic heterocycles. The molecule has 0 aromatic rings. The number of carbonyl (C=O) groups excluding carboxylic acids is 9. The van der Waals surface area contributed by atoms with E-state index in [0.29, 0.717) is 65.0 Å². The number of rotatable bonds is 25. The van der Waals surface area contributed by atoms with Gasteiger partial charge in [0.2, 0.25) is 23.6 Å². The van der Waals surface area contributed by atoms with Crippen LogP contribution >= 0.6 is 0 Å². The summed E-state index contributed by atoms with van der Waals surface area (Å²) in [4.78, 5) is 133. The highest BCUT2D eigenvalue weighted by Gasteiger charge is 2.87. The molecule has 0 bridgehead atoms. The Balaban J connectivity index is 0.000000215. The number of allylic oxidation sites excluding steroid dienone is 2. The molecule has 5 N–H and O–H groups in total. The molecule has 8 saturated carbocycles. The third kappa shape index (κ3) is 14.4. The number of fused-ring (bicyclic) bond motifs is 2. The Kier molecular flexibility index (Phi) is 22.2. The predicted octanol–water partition coefficient (Wildman–Crippen LogP) is 12.2. The number of ketones is 4. The van der Waals surface area contributed by atoms with Gasteiger partial charge in [0.15, 0.2) is 23.1 Å². The summed E-state index contributed by atoms with van der Waals surface area (Å²) in [7, 11) is -8.09. The van der Waals surface area contributed by atoms with E-state index in [-0.39, 0.29) is 110 Å². The molecule has 0 unspecified atom stereocenters. The molecule has 0 aromatic heterocycles. The van der Waals surface area contributed by atoms with Gasteiger partial charge in [-0.05, 0) is 179 Å². The van der Waals surface area contributed by atoms with Crippen LogP contribution in [0.2, 0.25) is 0 Å². The lowest BCUT2D eigenvalue weighted by Crippen LogP contribution is -2.55. The molecule has 5 amide bonds. The van der Waals surface area contributed by atoms with Gasteiger partial charge in [0, 0.05) is 87.6 Å². The molecule has 12 aliphatic rings. The van der Waals surface area contributed by atoms with Crippen molar-refractivity contribution in [3.8, 4) is 0 Å². The van der Waals surface area contributed by atoms with Gasteiger partial charge in [0.25, 0.3) is 0 Å². The van der Waals surface area contributed by atoms with Crippen LogP contribution in [-0.4, -0.2) is 157 Å². The Labute approximate surface area is 640 Å². The van der Waals surface area contributed by atoms with Crippen molar-refractivity contribution in [3.63, 3.8) is 0 Å². The number of likely N-dealkylation sites (tertiary alicyclic amines) is 2. The number of nitrogens with two attached hydrogens (primary N) is 1. The zero-order valence-corrected chi connectivity index (χ0v) is 69.3. The van der Waals surface area contributed by atoms with Crippen LogP contribution in [0.3, 0.4) is 0 Å². The zero-order chi connectivity index (χ0) is 78.9. The van der Waals surface area contributed by atoms with Crippen molar-refractivity contribution in [1.29, 1.82) is 0 Å². The van der Waals surface area contributed by atoms with Crippen molar-refractivity contribution >= 4 is 73.3 Å². The largest absolute Gasteiger partial charge is 0.444 e. The van der Waals surface area contributed by atoms with Crippen LogP contribution in [0.4, 0.5) is 4.79 Å². The van der Waals surface area contributed by atoms with Crippen molar-refractivity contribution in [2.24, 2.45) is 94.4 Å². The first-order valence-electron chi connectivity index (χ1n) is 40.9. The number of hydrogen-bond acceptors (Lipinski definition) is 15. The lowest BCUT2D eigenvalue weighted by molar-refractivity contribution is -0.147. The highest BCUT2D eigenvalue weighted by Crippen LogP contribution is 2.89. The van der Waals surface area contributed by atoms with Gasteiger partial charge in [0.05, 0.1) is 35.0 Å². The maximum absolute atomic E-state index is 15.3. The molecule has 8 aliphatic carbocycles. The van der Waals surface area contributed by atoms with Gasteiger partial charge in [-0.3, -0.25) is 38.4 Å². The van der Waals surface area contributed by atoms with Gasteiger partial charge in [-0.2, -0.15) is 25.4 Å². The number of alkyl carbamates (subject to hydrolysis) is 1. The second-order valence-corrected chi connectivity index (χ2v) is 43.9. The SMILES string of the molecule is C=C[C@@H]1C[C@]1(CC(=O)[C@@H]1C[C@@]2(CN1C(=O)[C@@H](CC(=O)[C@@H](N)C1(C)CCCCC1)C(C)(C)C)C(C)(C)C21CCC1)C(=O)NS(=O)(=O)N1CCCC1.C=C[C@@H]1C[C@]1(CC(=O)[C@@H]1C[C@@]2(CN1C(=O)[C@@H](CC(=O)[C@@H](NC(=O)OC(C)(C)C)C1(C)CCCCC1)C(C)(C)C)C(C)(C)C21CCC1)C(=O)NS(=O)(=O)N1CCCC1. The molecular weight excluding hydrogens is 1400 g/mol. The normalized spacial score (nSPS) is 32.4. The van der Waals surface area contributed by atoms with Crippen LogP contribution in [0.25, 0.3) is 0 Å². The summed E-state index contributed by atoms with van der Waals surface area (Å²) in [6.07, 6.45) is 22.6. The highest BCUT2D eigenvalue weighted by atomic mass is 32.2. The predicted molar refractivity (Wildman–Crippen MR) is 410 cm³/mol. The fourth-order valence-electron chi connectivity index (χ4n) is 23.2. The van der Waals surface area contributed by atoms with Crippen molar-refractivity contribution in [2.45, 2.75) is 313 Å². The molecule has 24 heteroatoms. The van der Waals surface area contributed by atoms with Crippen LogP contribution in [-0.2, 0) is 63.5 Å². The van der Waals surface area contributed by atoms with E-state index in [9.17, 15) is 55.2 Å². The van der Waals surface area contributed by atoms with E-state index in [4.69, 9.17) is 10.5 Å². The lowest BCUT2D eigenvalue weighted by Gasteiger charge is -2.42. The first-order chi connectivity index (χ1) is 49.5. The summed E-state index contributed by atoms with van der Waals surface area (Å²) in [6.45, 7) is 40.3. The molecule has 4 spiro atoms. The summed E-state index contributed by atoms with van der Waals surface area (Å²) in [5.41, 5.74) is 0.828. The maximum Gasteiger partial charge on any atom is 0.408 e. The van der Waals surface area contributed by atoms with Gasteiger partial charge in [-0.15, -0.1) is 13.2 Å². The number of Topliss-reactive ketones (excluding diaryl/α,β-unsaturated/α-hetero) is 4. The minimum absolute atomic E-state index is 0.0146. The third-order valence-corrected chi connectivity index (χ3v) is 34.2. The van der Waals surface area contributed by atoms with E-state index in [1.807, 2.05) is 48.5 Å². The van der Waals surface area contributed by atoms with Crippen LogP contribution < -0.4 is 20.5 Å². The average molecular weight is 1530 g/mol. The van der Waals surface area contributed by atoms with Gasteiger partial charge >= 0.3 is 26.5 Å². The molecule has 4 saturated heterocycles. The standard InChI is InChI=1S/C44H70N4O8S.C39H62N4O6S/c1-11-29-25-42(29,36(52)46-57(54,55)47-22-15-16-23-47)27-33(50)31-26-44(40(8,9)43(44)20-17-21-43)28-48(31)35(51)30(38(2,3)4)24-32(49)34(41(10)18-13-12-14-19-41)45-37(53)56-39(5,6)7;1-8-26-22-37(26,33(47)41-50(48,49)42-19-12-13-20-42)24-30(45)28-23-39(35(5,6)38(39)17-14-18-38)25-43(28)32(46)27(34(2,3)4)21-29(44)31(40)36(7)15-10-9-11-16-36/h11,29-31,34H,1,12-28H2,2-10H3,(H,45,53)(H,46,52);8,26-28,31H,1,9-25,40H2,2-7H3,(H,41,47)/t29-,30-,31+,34-,42-,44-;26-,27-,28+,31-,37-,39-/m11/s1. The summed E-state index contributed by atoms with van der Waals surface area (Å²) in [6, 6.07) is -3.08. The Morgan fingerprint density at radius 2 is 0.841 bits per heavy atom. The zero-order valence-electron chi connectivity index (χ0n) is 67.6. The Morgan fingerprint density at radius 3 is 1.15 bits per heavy atom. The molecule has 22 nitrogen and oxygen atoms in total. The quantitative estimate of drug-likeness (QED) is 0.0618. The molecule has 4 heterocycles. The van der Waals surface area contributed by atoms with Crippen molar-refractivity contribution < 1.29 is 64.7 Å². The fraction of sp³-hybridized carbons (Fsp3) is 0.843. The summed E-state index contributed by atoms with van der Waals surface area (Å²) in [5, 5.41) is 2.94. The van der Waals surface area contributed by atoms with Crippen LogP contribution in [0.5, 0.6) is 0 Å². The second-order valence-electron chi connectivity index (χ2n) is 40.6. The molecule has 0 aromatic carbocycles. The molecule has 12 fully saturated rings. The molecule has 107 heavy (non-hydrogen) atoms. The van der Waals surface area contributed by atoms with Crippen molar-refractivity contribution in [3.05, 3.63) is 25.3 Å². The van der Waals surface area contributed by atoms with E-state index < -0.39 is 107 Å². The molecule has 12 rings (SSSR count). The van der Waals surface area contributed by atoms with E-state index in [2.05, 4.69) is 62.5 Å². The van der Waals surface area contributed by atoms with Crippen molar-refractivity contribution in [1.82, 2.24) is 33.2 Å². The van der Waals surface area contributed by atoms with Gasteiger partial charge in [0.1, 0.15) is 5.60 Å². The molecule has 600 valence electrons. The number of amides is 5. The molecule has 0 radical (unpaired) electrons. The van der Waals surface area contributed by atoms with Crippen molar-refractivity contribution in [2.75, 3.05) is 39.3 Å². The minimum Gasteiger partial charge on any atom is -0.444 e. The monoisotopic (exact) mass is 1530 g/mol. The Bertz CT molecular complexity index is 3780. The number of hydrogen-bond donors (Lipinski definition) is 4. The third-order valence-electron chi connectivity index (χ3n) is 31.2. The van der Waals surface area contributed by atoms with Gasteiger partial charge < -0.3 is 25.6 Å². The van der Waals surface area contributed by atoms with E-state index in [1.54, 1.807) is 42.7 Å². The Morgan fingerprint density at radius 1 is 0.486 bits per heavy atom. The fourth-order valence-corrected chi connectivity index (χ4v) is 25.9. The molecule has 12 atom stereocenters. The van der Waals surface area contributed by atoms with E-state index >= 15 is 4.79 Å². The van der Waals surface area contributed by atoms with Crippen LogP contribution in [0.15, 0.2) is 25.3 Å². The Hall–Kier alpha value is -4.91. The first kappa shape index (κ1) is 83.0. The topological polar surface area (TPSA) is 306 Å².